The molecule has 4 heteroatoms. The van der Waals surface area contributed by atoms with Gasteiger partial charge in [0.25, 0.3) is 0 Å². The number of anilines is 1. The first-order valence-corrected chi connectivity index (χ1v) is 6.38. The first-order valence-electron chi connectivity index (χ1n) is 6.38. The van der Waals surface area contributed by atoms with Crippen LogP contribution in [-0.2, 0) is 11.3 Å². The quantitative estimate of drug-likeness (QED) is 0.721. The molecular weight excluding hydrogens is 231 g/mol. The van der Waals surface area contributed by atoms with Gasteiger partial charge in [0.2, 0.25) is 0 Å². The molecule has 0 aliphatic carbocycles. The molecule has 0 saturated heterocycles. The third-order valence-corrected chi connectivity index (χ3v) is 2.81. The Kier molecular flexibility index (Phi) is 6.68. The number of hydrogen-bond donors (Lipinski definition) is 1. The van der Waals surface area contributed by atoms with Gasteiger partial charge in [0.05, 0.1) is 6.61 Å². The van der Waals surface area contributed by atoms with E-state index in [-0.39, 0.29) is 5.82 Å². The number of nitrogens with one attached hydrogen (secondary N) is 1. The van der Waals surface area contributed by atoms with Gasteiger partial charge in [-0.15, -0.1) is 0 Å². The fourth-order valence-corrected chi connectivity index (χ4v) is 1.92. The third-order valence-electron chi connectivity index (χ3n) is 2.81. The summed E-state index contributed by atoms with van der Waals surface area (Å²) in [6.07, 6.45) is 1.07. The molecule has 0 fully saturated rings. The zero-order chi connectivity index (χ0) is 13.4. The van der Waals surface area contributed by atoms with E-state index in [2.05, 4.69) is 17.1 Å². The van der Waals surface area contributed by atoms with Crippen LogP contribution in [0.3, 0.4) is 0 Å². The van der Waals surface area contributed by atoms with Crippen molar-refractivity contribution in [3.05, 3.63) is 29.6 Å². The van der Waals surface area contributed by atoms with Crippen molar-refractivity contribution in [2.45, 2.75) is 19.9 Å². The van der Waals surface area contributed by atoms with Crippen molar-refractivity contribution in [2.75, 3.05) is 38.8 Å². The fraction of sp³-hybridized carbons (Fsp3) is 0.571. The molecule has 0 radical (unpaired) electrons. The van der Waals surface area contributed by atoms with Crippen molar-refractivity contribution in [3.8, 4) is 0 Å². The molecule has 18 heavy (non-hydrogen) atoms. The van der Waals surface area contributed by atoms with Crippen LogP contribution in [0.25, 0.3) is 0 Å². The van der Waals surface area contributed by atoms with Gasteiger partial charge in [-0.05, 0) is 30.2 Å². The second kappa shape index (κ2) is 8.06. The van der Waals surface area contributed by atoms with Gasteiger partial charge in [0, 0.05) is 39.5 Å². The van der Waals surface area contributed by atoms with Gasteiger partial charge in [0.1, 0.15) is 5.82 Å². The Hall–Kier alpha value is -1.13. The molecule has 1 N–H and O–H groups in total. The predicted molar refractivity (Wildman–Crippen MR) is 73.5 cm³/mol. The first-order chi connectivity index (χ1) is 8.69. The number of hydrogen-bond acceptors (Lipinski definition) is 3. The van der Waals surface area contributed by atoms with Crippen molar-refractivity contribution in [2.24, 2.45) is 0 Å². The fourth-order valence-electron chi connectivity index (χ4n) is 1.92. The van der Waals surface area contributed by atoms with E-state index in [4.69, 9.17) is 4.74 Å². The number of benzene rings is 1. The van der Waals surface area contributed by atoms with Gasteiger partial charge in [0.15, 0.2) is 0 Å². The Morgan fingerprint density at radius 2 is 2.17 bits per heavy atom. The lowest BCUT2D eigenvalue weighted by atomic mass is 10.1. The van der Waals surface area contributed by atoms with E-state index in [9.17, 15) is 4.39 Å². The Morgan fingerprint density at radius 3 is 2.83 bits per heavy atom. The van der Waals surface area contributed by atoms with E-state index in [0.717, 1.165) is 30.8 Å². The summed E-state index contributed by atoms with van der Waals surface area (Å²) in [6.45, 7) is 5.19. The molecule has 0 bridgehead atoms. The third kappa shape index (κ3) is 4.63. The molecule has 0 aromatic heterocycles. The molecule has 1 aromatic rings. The summed E-state index contributed by atoms with van der Waals surface area (Å²) in [7, 11) is 3.71. The molecule has 0 unspecified atom stereocenters. The number of methoxy groups -OCH3 is 1. The Morgan fingerprint density at radius 1 is 1.39 bits per heavy atom. The summed E-state index contributed by atoms with van der Waals surface area (Å²) in [5.74, 6) is -0.188. The van der Waals surface area contributed by atoms with Crippen LogP contribution in [0.15, 0.2) is 18.2 Å². The van der Waals surface area contributed by atoms with E-state index in [1.54, 1.807) is 13.2 Å². The molecule has 0 amide bonds. The molecule has 3 nitrogen and oxygen atoms in total. The molecule has 0 atom stereocenters. The van der Waals surface area contributed by atoms with E-state index in [1.807, 2.05) is 13.1 Å². The highest BCUT2D eigenvalue weighted by atomic mass is 19.1. The van der Waals surface area contributed by atoms with E-state index >= 15 is 0 Å². The topological polar surface area (TPSA) is 24.5 Å². The van der Waals surface area contributed by atoms with Crippen LogP contribution in [0.1, 0.15) is 18.9 Å². The van der Waals surface area contributed by atoms with Gasteiger partial charge >= 0.3 is 0 Å². The Bertz CT molecular complexity index is 358. The highest BCUT2D eigenvalue weighted by Gasteiger charge is 2.07. The zero-order valence-electron chi connectivity index (χ0n) is 11.5. The molecular formula is C14H23FN2O. The van der Waals surface area contributed by atoms with Crippen molar-refractivity contribution in [1.29, 1.82) is 0 Å². The van der Waals surface area contributed by atoms with Crippen LogP contribution in [0.5, 0.6) is 0 Å². The SMILES string of the molecule is CCCN(C)c1ccc(F)cc1CNCCOC. The minimum Gasteiger partial charge on any atom is -0.383 e. The van der Waals surface area contributed by atoms with Gasteiger partial charge in [-0.1, -0.05) is 6.92 Å². The van der Waals surface area contributed by atoms with Crippen LogP contribution in [0, 0.1) is 5.82 Å². The average Bonchev–Trinajstić information content (AvgIpc) is 2.35. The summed E-state index contributed by atoms with van der Waals surface area (Å²) in [5.41, 5.74) is 2.07. The summed E-state index contributed by atoms with van der Waals surface area (Å²) in [4.78, 5) is 2.16. The maximum Gasteiger partial charge on any atom is 0.123 e. The lowest BCUT2D eigenvalue weighted by molar-refractivity contribution is 0.199. The lowest BCUT2D eigenvalue weighted by Crippen LogP contribution is -2.23. The average molecular weight is 254 g/mol. The molecule has 0 saturated carbocycles. The second-order valence-corrected chi connectivity index (χ2v) is 4.36. The van der Waals surface area contributed by atoms with Crippen molar-refractivity contribution < 1.29 is 9.13 Å². The minimum atomic E-state index is -0.188. The summed E-state index contributed by atoms with van der Waals surface area (Å²) >= 11 is 0. The lowest BCUT2D eigenvalue weighted by Gasteiger charge is -2.22. The van der Waals surface area contributed by atoms with Crippen LogP contribution in [0.4, 0.5) is 10.1 Å². The number of ether oxygens (including phenoxy) is 1. The van der Waals surface area contributed by atoms with E-state index in [1.165, 1.54) is 6.07 Å². The number of halogens is 1. The number of rotatable bonds is 8. The standard InChI is InChI=1S/C14H23FN2O/c1-4-8-17(2)14-6-5-13(15)10-12(14)11-16-7-9-18-3/h5-6,10,16H,4,7-9,11H2,1-3H3. The highest BCUT2D eigenvalue weighted by molar-refractivity contribution is 5.53. The van der Waals surface area contributed by atoms with Gasteiger partial charge in [-0.2, -0.15) is 0 Å². The van der Waals surface area contributed by atoms with E-state index < -0.39 is 0 Å². The maximum atomic E-state index is 13.3. The monoisotopic (exact) mass is 254 g/mol. The van der Waals surface area contributed by atoms with Gasteiger partial charge in [-0.25, -0.2) is 4.39 Å². The van der Waals surface area contributed by atoms with Crippen molar-refractivity contribution >= 4 is 5.69 Å². The highest BCUT2D eigenvalue weighted by Crippen LogP contribution is 2.20. The summed E-state index contributed by atoms with van der Waals surface area (Å²) in [5, 5.41) is 3.25. The largest absolute Gasteiger partial charge is 0.383 e. The summed E-state index contributed by atoms with van der Waals surface area (Å²) < 4.78 is 18.3. The Labute approximate surface area is 109 Å². The van der Waals surface area contributed by atoms with Gasteiger partial charge in [-0.3, -0.25) is 0 Å². The number of nitrogens with zero attached hydrogens (tertiary/aromatic N) is 1. The van der Waals surface area contributed by atoms with E-state index in [0.29, 0.717) is 13.2 Å². The molecule has 0 aliphatic heterocycles. The molecule has 1 aromatic carbocycles. The smallest absolute Gasteiger partial charge is 0.123 e. The van der Waals surface area contributed by atoms with Crippen LogP contribution in [0.2, 0.25) is 0 Å². The minimum absolute atomic E-state index is 0.188. The van der Waals surface area contributed by atoms with Crippen LogP contribution < -0.4 is 10.2 Å². The predicted octanol–water partition coefficient (Wildman–Crippen LogP) is 2.41. The first kappa shape index (κ1) is 14.9. The summed E-state index contributed by atoms with van der Waals surface area (Å²) in [6, 6.07) is 4.96. The van der Waals surface area contributed by atoms with Crippen molar-refractivity contribution in [3.63, 3.8) is 0 Å². The van der Waals surface area contributed by atoms with Crippen LogP contribution in [-0.4, -0.2) is 33.9 Å². The molecule has 1 rings (SSSR count). The molecule has 102 valence electrons. The normalized spacial score (nSPS) is 10.7. The molecule has 0 heterocycles. The van der Waals surface area contributed by atoms with Crippen molar-refractivity contribution in [1.82, 2.24) is 5.32 Å². The zero-order valence-corrected chi connectivity index (χ0v) is 11.5. The van der Waals surface area contributed by atoms with Crippen LogP contribution >= 0.6 is 0 Å². The Balaban J connectivity index is 2.70. The van der Waals surface area contributed by atoms with Gasteiger partial charge < -0.3 is 15.0 Å². The molecule has 0 spiro atoms. The second-order valence-electron chi connectivity index (χ2n) is 4.36. The molecule has 0 aliphatic rings. The maximum absolute atomic E-state index is 13.3.